The smallest absolute Gasteiger partial charge is 0.224 e. The van der Waals surface area contributed by atoms with Gasteiger partial charge in [0.1, 0.15) is 23.2 Å². The van der Waals surface area contributed by atoms with Crippen LogP contribution in [0.5, 0.6) is 11.6 Å². The third-order valence-corrected chi connectivity index (χ3v) is 2.83. The van der Waals surface area contributed by atoms with Gasteiger partial charge >= 0.3 is 0 Å². The predicted molar refractivity (Wildman–Crippen MR) is 77.1 cm³/mol. The van der Waals surface area contributed by atoms with Crippen LogP contribution in [0.15, 0.2) is 24.3 Å². The van der Waals surface area contributed by atoms with Crippen molar-refractivity contribution >= 4 is 17.4 Å². The van der Waals surface area contributed by atoms with E-state index in [-0.39, 0.29) is 5.02 Å². The van der Waals surface area contributed by atoms with Crippen LogP contribution in [0.2, 0.25) is 5.02 Å². The lowest BCUT2D eigenvalue weighted by molar-refractivity contribution is 0.457. The number of aromatic nitrogens is 2. The normalized spacial score (nSPS) is 10.4. The molecule has 20 heavy (non-hydrogen) atoms. The Morgan fingerprint density at radius 1 is 1.25 bits per heavy atom. The summed E-state index contributed by atoms with van der Waals surface area (Å²) in [6, 6.07) is 5.87. The fourth-order valence-electron chi connectivity index (χ4n) is 1.62. The van der Waals surface area contributed by atoms with Crippen molar-refractivity contribution in [3.8, 4) is 11.6 Å². The molecular weight excluding hydrogens is 281 g/mol. The number of hydrogen-bond donors (Lipinski definition) is 1. The van der Waals surface area contributed by atoms with Crippen LogP contribution in [0.25, 0.3) is 0 Å². The molecule has 0 bridgehead atoms. The van der Waals surface area contributed by atoms with Gasteiger partial charge in [-0.05, 0) is 19.1 Å². The van der Waals surface area contributed by atoms with Crippen LogP contribution in [0.3, 0.4) is 0 Å². The third-order valence-electron chi connectivity index (χ3n) is 2.54. The fourth-order valence-corrected chi connectivity index (χ4v) is 1.79. The Balaban J connectivity index is 2.27. The third kappa shape index (κ3) is 3.57. The maximum Gasteiger partial charge on any atom is 0.224 e. The number of nitrogens with one attached hydrogen (secondary N) is 1. The van der Waals surface area contributed by atoms with Crippen molar-refractivity contribution in [3.63, 3.8) is 0 Å². The lowest BCUT2D eigenvalue weighted by Crippen LogP contribution is -2.04. The Kier molecular flexibility index (Phi) is 4.74. The van der Waals surface area contributed by atoms with E-state index >= 15 is 0 Å². The Hall–Kier alpha value is -1.88. The number of aryl methyl sites for hydroxylation is 1. The van der Waals surface area contributed by atoms with Gasteiger partial charge in [0.25, 0.3) is 0 Å². The summed E-state index contributed by atoms with van der Waals surface area (Å²) in [5.74, 6) is 1.72. The van der Waals surface area contributed by atoms with Gasteiger partial charge in [0.15, 0.2) is 0 Å². The molecule has 1 heterocycles. The van der Waals surface area contributed by atoms with Gasteiger partial charge in [-0.25, -0.2) is 9.37 Å². The first-order valence-corrected chi connectivity index (χ1v) is 6.75. The van der Waals surface area contributed by atoms with E-state index in [0.29, 0.717) is 29.7 Å². The van der Waals surface area contributed by atoms with Gasteiger partial charge < -0.3 is 10.1 Å². The van der Waals surface area contributed by atoms with Crippen LogP contribution in [0.1, 0.15) is 19.7 Å². The van der Waals surface area contributed by atoms with Crippen LogP contribution in [0.4, 0.5) is 10.2 Å². The summed E-state index contributed by atoms with van der Waals surface area (Å²) in [6.07, 6.45) is 0.694. The first kappa shape index (κ1) is 14.5. The van der Waals surface area contributed by atoms with Crippen LogP contribution >= 0.6 is 11.6 Å². The quantitative estimate of drug-likeness (QED) is 0.904. The molecule has 2 aromatic rings. The Labute approximate surface area is 122 Å². The van der Waals surface area contributed by atoms with Gasteiger partial charge in [-0.1, -0.05) is 18.5 Å². The topological polar surface area (TPSA) is 47.0 Å². The monoisotopic (exact) mass is 295 g/mol. The summed E-state index contributed by atoms with van der Waals surface area (Å²) in [4.78, 5) is 8.60. The second-order valence-electron chi connectivity index (χ2n) is 4.07. The van der Waals surface area contributed by atoms with Crippen LogP contribution < -0.4 is 10.1 Å². The standard InChI is InChI=1S/C14H15ClFN3O/c1-3-12-18-13(17-4-2)8-14(19-12)20-9-5-6-11(16)10(15)7-9/h5-8H,3-4H2,1-2H3,(H,17,18,19). The average Bonchev–Trinajstić information content (AvgIpc) is 2.43. The molecule has 0 fully saturated rings. The molecule has 4 nitrogen and oxygen atoms in total. The summed E-state index contributed by atoms with van der Waals surface area (Å²) in [5.41, 5.74) is 0. The molecule has 0 aliphatic heterocycles. The number of anilines is 1. The largest absolute Gasteiger partial charge is 0.439 e. The molecule has 0 saturated carbocycles. The Morgan fingerprint density at radius 3 is 2.70 bits per heavy atom. The first-order valence-electron chi connectivity index (χ1n) is 6.37. The molecule has 6 heteroatoms. The highest BCUT2D eigenvalue weighted by molar-refractivity contribution is 6.30. The molecule has 1 N–H and O–H groups in total. The van der Waals surface area contributed by atoms with Gasteiger partial charge in [0, 0.05) is 25.1 Å². The molecule has 1 aromatic carbocycles. The molecule has 1 aromatic heterocycles. The molecule has 0 aliphatic carbocycles. The summed E-state index contributed by atoms with van der Waals surface area (Å²) >= 11 is 5.72. The molecule has 0 unspecified atom stereocenters. The van der Waals surface area contributed by atoms with Crippen molar-refractivity contribution in [2.45, 2.75) is 20.3 Å². The predicted octanol–water partition coefficient (Wildman–Crippen LogP) is 4.06. The lowest BCUT2D eigenvalue weighted by Gasteiger charge is -2.09. The van der Waals surface area contributed by atoms with E-state index in [2.05, 4.69) is 15.3 Å². The van der Waals surface area contributed by atoms with Gasteiger partial charge in [-0.3, -0.25) is 0 Å². The molecule has 106 valence electrons. The van der Waals surface area contributed by atoms with Crippen LogP contribution in [-0.4, -0.2) is 16.5 Å². The number of halogens is 2. The van der Waals surface area contributed by atoms with E-state index < -0.39 is 5.82 Å². The van der Waals surface area contributed by atoms with E-state index in [4.69, 9.17) is 16.3 Å². The zero-order valence-corrected chi connectivity index (χ0v) is 12.0. The highest BCUT2D eigenvalue weighted by atomic mass is 35.5. The number of nitrogens with zero attached hydrogens (tertiary/aromatic N) is 2. The summed E-state index contributed by atoms with van der Waals surface area (Å²) in [5, 5.41) is 3.12. The van der Waals surface area contributed by atoms with Crippen molar-refractivity contribution in [2.24, 2.45) is 0 Å². The summed E-state index contributed by atoms with van der Waals surface area (Å²) in [6.45, 7) is 4.69. The number of benzene rings is 1. The minimum Gasteiger partial charge on any atom is -0.439 e. The van der Waals surface area contributed by atoms with E-state index in [0.717, 1.165) is 6.54 Å². The first-order chi connectivity index (χ1) is 9.62. The maximum atomic E-state index is 13.1. The molecular formula is C14H15ClFN3O. The second kappa shape index (κ2) is 6.52. The zero-order chi connectivity index (χ0) is 14.5. The molecule has 0 atom stereocenters. The maximum absolute atomic E-state index is 13.1. The van der Waals surface area contributed by atoms with Gasteiger partial charge in [0.05, 0.1) is 5.02 Å². The molecule has 0 amide bonds. The van der Waals surface area contributed by atoms with Crippen LogP contribution in [0, 0.1) is 5.82 Å². The SMILES string of the molecule is CCNc1cc(Oc2ccc(F)c(Cl)c2)nc(CC)n1. The van der Waals surface area contributed by atoms with Gasteiger partial charge in [0.2, 0.25) is 5.88 Å². The van der Waals surface area contributed by atoms with Crippen molar-refractivity contribution in [1.82, 2.24) is 9.97 Å². The van der Waals surface area contributed by atoms with Crippen molar-refractivity contribution in [3.05, 3.63) is 40.9 Å². The summed E-state index contributed by atoms with van der Waals surface area (Å²) in [7, 11) is 0. The fraction of sp³-hybridized carbons (Fsp3) is 0.286. The highest BCUT2D eigenvalue weighted by Crippen LogP contribution is 2.26. The van der Waals surface area contributed by atoms with Crippen molar-refractivity contribution in [1.29, 1.82) is 0 Å². The zero-order valence-electron chi connectivity index (χ0n) is 11.3. The van der Waals surface area contributed by atoms with Crippen molar-refractivity contribution < 1.29 is 9.13 Å². The molecule has 0 aliphatic rings. The average molecular weight is 296 g/mol. The Bertz CT molecular complexity index is 607. The Morgan fingerprint density at radius 2 is 2.05 bits per heavy atom. The minimum absolute atomic E-state index is 0.0131. The molecule has 2 rings (SSSR count). The second-order valence-corrected chi connectivity index (χ2v) is 4.48. The van der Waals surface area contributed by atoms with E-state index in [9.17, 15) is 4.39 Å². The van der Waals surface area contributed by atoms with Crippen LogP contribution in [-0.2, 0) is 6.42 Å². The minimum atomic E-state index is -0.482. The van der Waals surface area contributed by atoms with Gasteiger partial charge in [-0.15, -0.1) is 0 Å². The summed E-state index contributed by atoms with van der Waals surface area (Å²) < 4.78 is 18.7. The number of rotatable bonds is 5. The number of ether oxygens (including phenoxy) is 1. The van der Waals surface area contributed by atoms with Crippen molar-refractivity contribution in [2.75, 3.05) is 11.9 Å². The molecule has 0 radical (unpaired) electrons. The van der Waals surface area contributed by atoms with E-state index in [1.165, 1.54) is 18.2 Å². The molecule has 0 spiro atoms. The highest BCUT2D eigenvalue weighted by Gasteiger charge is 2.07. The lowest BCUT2D eigenvalue weighted by atomic mass is 10.3. The van der Waals surface area contributed by atoms with E-state index in [1.54, 1.807) is 6.07 Å². The van der Waals surface area contributed by atoms with Gasteiger partial charge in [-0.2, -0.15) is 4.98 Å². The van der Waals surface area contributed by atoms with E-state index in [1.807, 2.05) is 13.8 Å². The molecule has 0 saturated heterocycles. The number of hydrogen-bond acceptors (Lipinski definition) is 4.